The Morgan fingerprint density at radius 3 is 1.16 bits per heavy atom. The summed E-state index contributed by atoms with van der Waals surface area (Å²) < 4.78 is 0. The average Bonchev–Trinajstić information content (AvgIpc) is 3.68. The first-order valence-electron chi connectivity index (χ1n) is 16.7. The Kier molecular flexibility index (Phi) is 6.50. The number of nitrogens with zero attached hydrogens (tertiary/aromatic N) is 1. The highest BCUT2D eigenvalue weighted by Crippen LogP contribution is 2.74. The molecule has 9 rings (SSSR count). The summed E-state index contributed by atoms with van der Waals surface area (Å²) in [4.78, 5) is 48.3. The average molecular weight is 634 g/mol. The molecule has 1 heterocycles. The van der Waals surface area contributed by atoms with Gasteiger partial charge in [-0.15, -0.1) is 0 Å². The number of anilines is 1. The van der Waals surface area contributed by atoms with Crippen LogP contribution in [0.25, 0.3) is 22.3 Å². The van der Waals surface area contributed by atoms with Gasteiger partial charge in [-0.05, 0) is 45.0 Å². The molecule has 6 aromatic carbocycles. The van der Waals surface area contributed by atoms with Crippen molar-refractivity contribution in [2.45, 2.75) is 10.8 Å². The smallest absolute Gasteiger partial charge is 0.239 e. The fourth-order valence-electron chi connectivity index (χ4n) is 9.10. The van der Waals surface area contributed by atoms with E-state index in [0.717, 1.165) is 44.5 Å². The van der Waals surface area contributed by atoms with Gasteiger partial charge in [0.2, 0.25) is 11.8 Å². The van der Waals surface area contributed by atoms with Gasteiger partial charge in [-0.25, -0.2) is 4.90 Å². The maximum atomic E-state index is 16.1. The number of hydrogen-bond acceptors (Lipinski definition) is 3. The number of ketones is 1. The molecule has 2 aliphatic carbocycles. The highest BCUT2D eigenvalue weighted by Gasteiger charge is 2.82. The lowest BCUT2D eigenvalue weighted by atomic mass is 9.59. The topological polar surface area (TPSA) is 54.5 Å². The summed E-state index contributed by atoms with van der Waals surface area (Å²) in [7, 11) is 0. The third-order valence-electron chi connectivity index (χ3n) is 10.8. The molecule has 1 saturated heterocycles. The standard InChI is InChI=1S/C45H31NO3/c47-41-39-40(42(48)46(41)36-29-17-16-28-35(36)30-18-6-1-7-19-30)45(34-26-14-5-15-27-34)38(32-22-10-3-11-23-32)37(31-20-8-2-9-21-31)44(39,43(45)49)33-24-12-4-13-25-33/h1-29,39-40H/t39-,40+,44-,45-/m0/s1. The van der Waals surface area contributed by atoms with Gasteiger partial charge in [-0.2, -0.15) is 0 Å². The number of fused-ring (bicyclic) bond motifs is 5. The summed E-state index contributed by atoms with van der Waals surface area (Å²) in [5.74, 6) is -2.77. The van der Waals surface area contributed by atoms with Crippen molar-refractivity contribution in [1.29, 1.82) is 0 Å². The highest BCUT2D eigenvalue weighted by atomic mass is 16.2. The van der Waals surface area contributed by atoms with Crippen LogP contribution < -0.4 is 4.90 Å². The van der Waals surface area contributed by atoms with E-state index in [1.54, 1.807) is 0 Å². The number of benzene rings is 6. The second-order valence-corrected chi connectivity index (χ2v) is 13.0. The van der Waals surface area contributed by atoms with Crippen molar-refractivity contribution in [2.75, 3.05) is 4.90 Å². The molecular weight excluding hydrogens is 602 g/mol. The molecule has 2 bridgehead atoms. The van der Waals surface area contributed by atoms with Crippen LogP contribution >= 0.6 is 0 Å². The van der Waals surface area contributed by atoms with E-state index in [-0.39, 0.29) is 17.6 Å². The van der Waals surface area contributed by atoms with Crippen LogP contribution in [-0.2, 0) is 25.2 Å². The zero-order chi connectivity index (χ0) is 33.2. The van der Waals surface area contributed by atoms with E-state index < -0.39 is 22.7 Å². The van der Waals surface area contributed by atoms with Crippen LogP contribution in [0.2, 0.25) is 0 Å². The van der Waals surface area contributed by atoms with Gasteiger partial charge >= 0.3 is 0 Å². The van der Waals surface area contributed by atoms with Crippen LogP contribution in [0.1, 0.15) is 22.3 Å². The van der Waals surface area contributed by atoms with Crippen LogP contribution in [0.3, 0.4) is 0 Å². The molecule has 6 aromatic rings. The number of carbonyl (C=O) groups is 3. The molecule has 49 heavy (non-hydrogen) atoms. The van der Waals surface area contributed by atoms with Crippen LogP contribution in [0.15, 0.2) is 176 Å². The van der Waals surface area contributed by atoms with Crippen molar-refractivity contribution in [3.8, 4) is 11.1 Å². The van der Waals surface area contributed by atoms with Gasteiger partial charge in [0, 0.05) is 5.56 Å². The SMILES string of the molecule is O=C1[C@@H]2[C@H](C(=O)N1c1ccccc1-c1ccccc1)[C@@]1(c3ccccc3)C(=O)[C@@]2(c2ccccc2)C(c2ccccc2)=C1c1ccccc1. The minimum atomic E-state index is -1.43. The second kappa shape index (κ2) is 11.0. The summed E-state index contributed by atoms with van der Waals surface area (Å²) in [6.45, 7) is 0. The molecule has 234 valence electrons. The van der Waals surface area contributed by atoms with Crippen molar-refractivity contribution >= 4 is 34.4 Å². The Morgan fingerprint density at radius 1 is 0.388 bits per heavy atom. The van der Waals surface area contributed by atoms with Crippen LogP contribution in [0.4, 0.5) is 5.69 Å². The lowest BCUT2D eigenvalue weighted by Crippen LogP contribution is -2.45. The Hall–Kier alpha value is -6.13. The normalized spacial score (nSPS) is 24.1. The zero-order valence-electron chi connectivity index (χ0n) is 26.6. The van der Waals surface area contributed by atoms with E-state index in [9.17, 15) is 0 Å². The zero-order valence-corrected chi connectivity index (χ0v) is 26.6. The van der Waals surface area contributed by atoms with Crippen LogP contribution in [-0.4, -0.2) is 17.6 Å². The monoisotopic (exact) mass is 633 g/mol. The van der Waals surface area contributed by atoms with Gasteiger partial charge in [0.15, 0.2) is 5.78 Å². The fraction of sp³-hybridized carbons (Fsp3) is 0.0889. The number of rotatable bonds is 6. The first kappa shape index (κ1) is 29.0. The van der Waals surface area contributed by atoms with Crippen molar-refractivity contribution < 1.29 is 14.4 Å². The molecule has 0 unspecified atom stereocenters. The number of para-hydroxylation sites is 1. The van der Waals surface area contributed by atoms with Gasteiger partial charge in [0.25, 0.3) is 0 Å². The molecule has 2 fully saturated rings. The molecule has 4 heteroatoms. The maximum Gasteiger partial charge on any atom is 0.239 e. The van der Waals surface area contributed by atoms with Gasteiger partial charge in [-0.3, -0.25) is 14.4 Å². The lowest BCUT2D eigenvalue weighted by Gasteiger charge is -2.39. The van der Waals surface area contributed by atoms with Crippen molar-refractivity contribution in [3.05, 3.63) is 198 Å². The summed E-state index contributed by atoms with van der Waals surface area (Å²) >= 11 is 0. The first-order valence-corrected chi connectivity index (χ1v) is 16.7. The minimum absolute atomic E-state index is 0.122. The summed E-state index contributed by atoms with van der Waals surface area (Å²) in [6, 6.07) is 56.6. The van der Waals surface area contributed by atoms with E-state index in [0.29, 0.717) is 5.69 Å². The van der Waals surface area contributed by atoms with Crippen molar-refractivity contribution in [2.24, 2.45) is 11.8 Å². The quantitative estimate of drug-likeness (QED) is 0.173. The Morgan fingerprint density at radius 2 is 0.735 bits per heavy atom. The predicted molar refractivity (Wildman–Crippen MR) is 192 cm³/mol. The Labute approximate surface area is 285 Å². The molecule has 1 saturated carbocycles. The van der Waals surface area contributed by atoms with Gasteiger partial charge in [-0.1, -0.05) is 170 Å². The highest BCUT2D eigenvalue weighted by molar-refractivity contribution is 6.39. The minimum Gasteiger partial charge on any atom is -0.297 e. The van der Waals surface area contributed by atoms with Crippen LogP contribution in [0.5, 0.6) is 0 Å². The molecule has 2 amide bonds. The van der Waals surface area contributed by atoms with Gasteiger partial charge in [0.05, 0.1) is 28.4 Å². The second-order valence-electron chi connectivity index (χ2n) is 13.0. The third kappa shape index (κ3) is 3.77. The number of imide groups is 1. The van der Waals surface area contributed by atoms with Crippen LogP contribution in [0, 0.1) is 11.8 Å². The maximum absolute atomic E-state index is 16.1. The Bertz CT molecular complexity index is 2160. The van der Waals surface area contributed by atoms with Gasteiger partial charge in [0.1, 0.15) is 0 Å². The molecule has 0 N–H and O–H groups in total. The molecule has 4 atom stereocenters. The molecular formula is C45H31NO3. The molecule has 0 aromatic heterocycles. The number of amides is 2. The first-order chi connectivity index (χ1) is 24.1. The fourth-order valence-corrected chi connectivity index (χ4v) is 9.10. The van der Waals surface area contributed by atoms with Crippen molar-refractivity contribution in [3.63, 3.8) is 0 Å². The number of hydrogen-bond donors (Lipinski definition) is 0. The number of allylic oxidation sites excluding steroid dienone is 2. The van der Waals surface area contributed by atoms with E-state index >= 15 is 14.4 Å². The predicted octanol–water partition coefficient (Wildman–Crippen LogP) is 8.54. The van der Waals surface area contributed by atoms with E-state index in [1.165, 1.54) is 4.90 Å². The number of Topliss-reactive ketones (excluding diaryl/α,β-unsaturated/α-hetero) is 1. The van der Waals surface area contributed by atoms with E-state index in [2.05, 4.69) is 0 Å². The molecule has 1 aliphatic heterocycles. The van der Waals surface area contributed by atoms with E-state index in [4.69, 9.17) is 0 Å². The Balaban J connectivity index is 1.42. The van der Waals surface area contributed by atoms with Crippen molar-refractivity contribution in [1.82, 2.24) is 0 Å². The lowest BCUT2D eigenvalue weighted by molar-refractivity contribution is -0.130. The van der Waals surface area contributed by atoms with E-state index in [1.807, 2.05) is 176 Å². The molecule has 3 aliphatic rings. The van der Waals surface area contributed by atoms with Gasteiger partial charge < -0.3 is 0 Å². The molecule has 0 radical (unpaired) electrons. The molecule has 4 nitrogen and oxygen atoms in total. The number of carbonyl (C=O) groups excluding carboxylic acids is 3. The summed E-state index contributed by atoms with van der Waals surface area (Å²) in [5, 5.41) is 0. The largest absolute Gasteiger partial charge is 0.297 e. The molecule has 0 spiro atoms. The summed E-state index contributed by atoms with van der Waals surface area (Å²) in [5.41, 5.74) is 4.09. The third-order valence-corrected chi connectivity index (χ3v) is 10.8. The summed E-state index contributed by atoms with van der Waals surface area (Å²) in [6.07, 6.45) is 0.